The molecule has 106 valence electrons. The van der Waals surface area contributed by atoms with E-state index in [0.717, 1.165) is 22.1 Å². The molecule has 3 rings (SSSR count). The van der Waals surface area contributed by atoms with Gasteiger partial charge in [-0.3, -0.25) is 4.79 Å². The molecule has 0 spiro atoms. The number of fused-ring (bicyclic) bond motifs is 1. The van der Waals surface area contributed by atoms with Crippen molar-refractivity contribution in [1.29, 1.82) is 0 Å². The number of amides is 1. The SMILES string of the molecule is Cc1ccc2c(CC(=O)N3C[C@@H](O)[C@@H](O)C3)coc2c1. The molecule has 1 aliphatic rings. The Balaban J connectivity index is 1.78. The molecular weight excluding hydrogens is 258 g/mol. The highest BCUT2D eigenvalue weighted by Gasteiger charge is 2.32. The number of carbonyl (C=O) groups excluding carboxylic acids is 1. The number of aryl methyl sites for hydroxylation is 1. The smallest absolute Gasteiger partial charge is 0.227 e. The van der Waals surface area contributed by atoms with E-state index in [4.69, 9.17) is 4.42 Å². The van der Waals surface area contributed by atoms with E-state index >= 15 is 0 Å². The quantitative estimate of drug-likeness (QED) is 0.852. The van der Waals surface area contributed by atoms with Gasteiger partial charge in [-0.05, 0) is 18.6 Å². The lowest BCUT2D eigenvalue weighted by Gasteiger charge is -2.14. The van der Waals surface area contributed by atoms with E-state index < -0.39 is 12.2 Å². The normalized spacial score (nSPS) is 22.6. The zero-order valence-electron chi connectivity index (χ0n) is 11.2. The van der Waals surface area contributed by atoms with E-state index in [9.17, 15) is 15.0 Å². The summed E-state index contributed by atoms with van der Waals surface area (Å²) in [5.74, 6) is -0.108. The van der Waals surface area contributed by atoms with E-state index in [1.807, 2.05) is 25.1 Å². The number of β-amino-alcohol motifs (C(OH)–C–C–N with tert-alkyl or cyclic N) is 2. The summed E-state index contributed by atoms with van der Waals surface area (Å²) < 4.78 is 5.47. The molecule has 5 nitrogen and oxygen atoms in total. The number of rotatable bonds is 2. The Morgan fingerprint density at radius 2 is 2.05 bits per heavy atom. The predicted octanol–water partition coefficient (Wildman–Crippen LogP) is 0.848. The highest BCUT2D eigenvalue weighted by molar-refractivity contribution is 5.88. The number of aliphatic hydroxyl groups excluding tert-OH is 2. The highest BCUT2D eigenvalue weighted by Crippen LogP contribution is 2.23. The average molecular weight is 275 g/mol. The third-order valence-corrected chi connectivity index (χ3v) is 3.76. The van der Waals surface area contributed by atoms with Crippen LogP contribution in [0, 0.1) is 6.92 Å². The standard InChI is InChI=1S/C15H17NO4/c1-9-2-3-11-10(8-20-14(11)4-9)5-15(19)16-6-12(17)13(18)7-16/h2-4,8,12-13,17-18H,5-7H2,1H3/t12-,13+. The number of aliphatic hydroxyl groups is 2. The second-order valence-corrected chi connectivity index (χ2v) is 5.37. The molecule has 5 heteroatoms. The fourth-order valence-corrected chi connectivity index (χ4v) is 2.58. The summed E-state index contributed by atoms with van der Waals surface area (Å²) >= 11 is 0. The monoisotopic (exact) mass is 275 g/mol. The first-order valence-corrected chi connectivity index (χ1v) is 6.65. The van der Waals surface area contributed by atoms with Gasteiger partial charge in [0.1, 0.15) is 5.58 Å². The third-order valence-electron chi connectivity index (χ3n) is 3.76. The number of carbonyl (C=O) groups is 1. The molecule has 0 unspecified atom stereocenters. The summed E-state index contributed by atoms with van der Waals surface area (Å²) in [6.45, 7) is 2.36. The van der Waals surface area contributed by atoms with Gasteiger partial charge in [0.2, 0.25) is 5.91 Å². The Bertz CT molecular complexity index is 638. The summed E-state index contributed by atoms with van der Waals surface area (Å²) in [7, 11) is 0. The number of likely N-dealkylation sites (tertiary alicyclic amines) is 1. The Morgan fingerprint density at radius 3 is 2.75 bits per heavy atom. The fourth-order valence-electron chi connectivity index (χ4n) is 2.58. The van der Waals surface area contributed by atoms with E-state index in [2.05, 4.69) is 0 Å². The summed E-state index contributed by atoms with van der Waals surface area (Å²) in [5, 5.41) is 19.9. The van der Waals surface area contributed by atoms with Crippen LogP contribution in [-0.2, 0) is 11.2 Å². The van der Waals surface area contributed by atoms with Crippen molar-refractivity contribution in [3.05, 3.63) is 35.6 Å². The predicted molar refractivity (Wildman–Crippen MR) is 73.2 cm³/mol. The molecule has 2 aromatic rings. The molecule has 0 aliphatic carbocycles. The molecule has 1 amide bonds. The summed E-state index contributed by atoms with van der Waals surface area (Å²) in [6.07, 6.45) is 0.130. The molecule has 20 heavy (non-hydrogen) atoms. The number of hydrogen-bond acceptors (Lipinski definition) is 4. The minimum Gasteiger partial charge on any atom is -0.464 e. The van der Waals surface area contributed by atoms with Crippen LogP contribution >= 0.6 is 0 Å². The average Bonchev–Trinajstić information content (AvgIpc) is 2.94. The van der Waals surface area contributed by atoms with E-state index in [0.29, 0.717) is 0 Å². The number of hydrogen-bond donors (Lipinski definition) is 2. The van der Waals surface area contributed by atoms with E-state index in [1.54, 1.807) is 6.26 Å². The van der Waals surface area contributed by atoms with Gasteiger partial charge in [0.25, 0.3) is 0 Å². The highest BCUT2D eigenvalue weighted by atomic mass is 16.3. The maximum atomic E-state index is 12.2. The maximum absolute atomic E-state index is 12.2. The van der Waals surface area contributed by atoms with Crippen molar-refractivity contribution >= 4 is 16.9 Å². The number of furan rings is 1. The van der Waals surface area contributed by atoms with Crippen molar-refractivity contribution in [2.24, 2.45) is 0 Å². The lowest BCUT2D eigenvalue weighted by molar-refractivity contribution is -0.129. The van der Waals surface area contributed by atoms with Crippen molar-refractivity contribution in [3.63, 3.8) is 0 Å². The lowest BCUT2D eigenvalue weighted by atomic mass is 10.1. The first-order chi connectivity index (χ1) is 9.54. The van der Waals surface area contributed by atoms with Gasteiger partial charge in [-0.15, -0.1) is 0 Å². The molecule has 1 aliphatic heterocycles. The van der Waals surface area contributed by atoms with Crippen molar-refractivity contribution < 1.29 is 19.4 Å². The Hall–Kier alpha value is -1.85. The van der Waals surface area contributed by atoms with Gasteiger partial charge in [0.15, 0.2) is 0 Å². The van der Waals surface area contributed by atoms with Crippen LogP contribution in [0.4, 0.5) is 0 Å². The molecular formula is C15H17NO4. The van der Waals surface area contributed by atoms with Crippen LogP contribution in [0.25, 0.3) is 11.0 Å². The van der Waals surface area contributed by atoms with Crippen LogP contribution in [0.3, 0.4) is 0 Å². The van der Waals surface area contributed by atoms with E-state index in [-0.39, 0.29) is 25.4 Å². The van der Waals surface area contributed by atoms with Crippen LogP contribution in [0.15, 0.2) is 28.9 Å². The summed E-state index contributed by atoms with van der Waals surface area (Å²) in [5.41, 5.74) is 2.71. The molecule has 1 aromatic heterocycles. The molecule has 2 N–H and O–H groups in total. The second-order valence-electron chi connectivity index (χ2n) is 5.37. The number of benzene rings is 1. The van der Waals surface area contributed by atoms with Crippen LogP contribution in [0.5, 0.6) is 0 Å². The van der Waals surface area contributed by atoms with Gasteiger partial charge in [-0.25, -0.2) is 0 Å². The van der Waals surface area contributed by atoms with Gasteiger partial charge in [0, 0.05) is 24.0 Å². The van der Waals surface area contributed by atoms with Crippen molar-refractivity contribution in [3.8, 4) is 0 Å². The van der Waals surface area contributed by atoms with Gasteiger partial charge in [-0.2, -0.15) is 0 Å². The minimum absolute atomic E-state index is 0.108. The largest absolute Gasteiger partial charge is 0.464 e. The Labute approximate surface area is 116 Å². The van der Waals surface area contributed by atoms with Gasteiger partial charge >= 0.3 is 0 Å². The molecule has 2 heterocycles. The van der Waals surface area contributed by atoms with E-state index in [1.165, 1.54) is 4.90 Å². The molecule has 1 fully saturated rings. The molecule has 0 bridgehead atoms. The minimum atomic E-state index is -0.845. The third kappa shape index (κ3) is 2.30. The number of nitrogens with zero attached hydrogens (tertiary/aromatic N) is 1. The van der Waals surface area contributed by atoms with Crippen LogP contribution in [-0.4, -0.2) is 46.3 Å². The maximum Gasteiger partial charge on any atom is 0.227 e. The molecule has 1 aromatic carbocycles. The van der Waals surface area contributed by atoms with Crippen LogP contribution in [0.2, 0.25) is 0 Å². The first-order valence-electron chi connectivity index (χ1n) is 6.65. The summed E-state index contributed by atoms with van der Waals surface area (Å²) in [6, 6.07) is 5.87. The van der Waals surface area contributed by atoms with Gasteiger partial charge in [-0.1, -0.05) is 12.1 Å². The molecule has 0 saturated carbocycles. The zero-order valence-corrected chi connectivity index (χ0v) is 11.2. The summed E-state index contributed by atoms with van der Waals surface area (Å²) in [4.78, 5) is 13.7. The molecule has 1 saturated heterocycles. The zero-order chi connectivity index (χ0) is 14.3. The first kappa shape index (κ1) is 13.1. The Morgan fingerprint density at radius 1 is 1.35 bits per heavy atom. The lowest BCUT2D eigenvalue weighted by Crippen LogP contribution is -2.31. The van der Waals surface area contributed by atoms with Gasteiger partial charge in [0.05, 0.1) is 24.9 Å². The molecule has 0 radical (unpaired) electrons. The second kappa shape index (κ2) is 4.92. The fraction of sp³-hybridized carbons (Fsp3) is 0.400. The molecule has 2 atom stereocenters. The van der Waals surface area contributed by atoms with Crippen molar-refractivity contribution in [1.82, 2.24) is 4.90 Å². The topological polar surface area (TPSA) is 73.9 Å². The van der Waals surface area contributed by atoms with Crippen LogP contribution in [0.1, 0.15) is 11.1 Å². The van der Waals surface area contributed by atoms with Crippen molar-refractivity contribution in [2.75, 3.05) is 13.1 Å². The van der Waals surface area contributed by atoms with Gasteiger partial charge < -0.3 is 19.5 Å². The van der Waals surface area contributed by atoms with Crippen molar-refractivity contribution in [2.45, 2.75) is 25.6 Å². The van der Waals surface area contributed by atoms with Crippen LogP contribution < -0.4 is 0 Å². The Kier molecular flexibility index (Phi) is 3.23.